The second-order valence-electron chi connectivity index (χ2n) is 5.57. The summed E-state index contributed by atoms with van der Waals surface area (Å²) >= 11 is 1.84. The lowest BCUT2D eigenvalue weighted by Gasteiger charge is -2.29. The summed E-state index contributed by atoms with van der Waals surface area (Å²) in [4.78, 5) is 8.53. The summed E-state index contributed by atoms with van der Waals surface area (Å²) in [5.41, 5.74) is 1.25. The molecule has 1 aromatic heterocycles. The van der Waals surface area contributed by atoms with E-state index in [9.17, 15) is 0 Å². The third kappa shape index (κ3) is 4.17. The number of nitrogens with zero attached hydrogens (tertiary/aromatic N) is 2. The smallest absolute Gasteiger partial charge is 0.185 e. The number of aryl methyl sites for hydroxylation is 1. The summed E-state index contributed by atoms with van der Waals surface area (Å²) in [5, 5.41) is 4.60. The molecule has 0 aromatic carbocycles. The van der Waals surface area contributed by atoms with E-state index in [1.165, 1.54) is 35.0 Å². The first-order valence-corrected chi connectivity index (χ1v) is 8.45. The summed E-state index contributed by atoms with van der Waals surface area (Å²) < 4.78 is 5.06. The number of methoxy groups -OCH3 is 1. The van der Waals surface area contributed by atoms with Crippen LogP contribution in [-0.4, -0.2) is 38.8 Å². The Morgan fingerprint density at radius 2 is 2.25 bits per heavy atom. The van der Waals surface area contributed by atoms with E-state index < -0.39 is 0 Å². The molecule has 0 atom stereocenters. The number of rotatable bonds is 9. The largest absolute Gasteiger partial charge is 0.383 e. The van der Waals surface area contributed by atoms with E-state index in [1.54, 1.807) is 7.11 Å². The van der Waals surface area contributed by atoms with Crippen LogP contribution in [0.4, 0.5) is 5.13 Å². The van der Waals surface area contributed by atoms with Gasteiger partial charge in [0.2, 0.25) is 0 Å². The summed E-state index contributed by atoms with van der Waals surface area (Å²) in [6, 6.07) is 0. The Hall–Kier alpha value is -0.650. The summed E-state index contributed by atoms with van der Waals surface area (Å²) in [6.07, 6.45) is 5.20. The number of nitrogens with one attached hydrogen (secondary N) is 1. The highest BCUT2D eigenvalue weighted by Gasteiger charge is 2.21. The molecule has 1 aromatic rings. The van der Waals surface area contributed by atoms with Gasteiger partial charge in [0, 0.05) is 38.7 Å². The topological polar surface area (TPSA) is 37.4 Å². The molecule has 2 rings (SSSR count). The summed E-state index contributed by atoms with van der Waals surface area (Å²) in [5.74, 6) is 0.886. The van der Waals surface area contributed by atoms with Gasteiger partial charge in [-0.05, 0) is 25.2 Å². The molecule has 1 fully saturated rings. The van der Waals surface area contributed by atoms with Crippen LogP contribution in [0.5, 0.6) is 0 Å². The van der Waals surface area contributed by atoms with Crippen LogP contribution in [0.25, 0.3) is 0 Å². The van der Waals surface area contributed by atoms with Crippen molar-refractivity contribution in [2.45, 2.75) is 39.2 Å². The molecular formula is C15H27N3OS. The van der Waals surface area contributed by atoms with Gasteiger partial charge in [0.25, 0.3) is 0 Å². The van der Waals surface area contributed by atoms with Crippen LogP contribution in [0.1, 0.15) is 36.8 Å². The molecule has 1 aliphatic rings. The number of hydrogen-bond donors (Lipinski definition) is 1. The summed E-state index contributed by atoms with van der Waals surface area (Å²) in [6.45, 7) is 5.90. The van der Waals surface area contributed by atoms with Gasteiger partial charge in [-0.3, -0.25) is 0 Å². The lowest BCUT2D eigenvalue weighted by Crippen LogP contribution is -2.29. The van der Waals surface area contributed by atoms with Crippen molar-refractivity contribution in [3.05, 3.63) is 10.6 Å². The Morgan fingerprint density at radius 1 is 1.45 bits per heavy atom. The van der Waals surface area contributed by atoms with E-state index in [0.29, 0.717) is 0 Å². The van der Waals surface area contributed by atoms with Crippen LogP contribution in [-0.2, 0) is 17.7 Å². The van der Waals surface area contributed by atoms with Crippen molar-refractivity contribution in [2.75, 3.05) is 38.8 Å². The standard InChI is InChI=1S/C15H27N3OS/c1-4-13-14(10-16-8-9-19-3)20-15(17-13)18(2)11-12-6-5-7-12/h12,16H,4-11H2,1-3H3. The first-order chi connectivity index (χ1) is 9.74. The van der Waals surface area contributed by atoms with Gasteiger partial charge in [-0.25, -0.2) is 4.98 Å². The van der Waals surface area contributed by atoms with Crippen molar-refractivity contribution < 1.29 is 4.74 Å². The molecule has 5 heteroatoms. The van der Waals surface area contributed by atoms with E-state index in [2.05, 4.69) is 24.2 Å². The molecule has 0 amide bonds. The second kappa shape index (κ2) is 7.96. The molecule has 4 nitrogen and oxygen atoms in total. The van der Waals surface area contributed by atoms with E-state index in [4.69, 9.17) is 9.72 Å². The van der Waals surface area contributed by atoms with Crippen molar-refractivity contribution in [2.24, 2.45) is 5.92 Å². The van der Waals surface area contributed by atoms with Gasteiger partial charge >= 0.3 is 0 Å². The number of thiazole rings is 1. The minimum absolute atomic E-state index is 0.759. The maximum absolute atomic E-state index is 5.06. The van der Waals surface area contributed by atoms with Gasteiger partial charge in [0.15, 0.2) is 5.13 Å². The molecule has 1 saturated carbocycles. The van der Waals surface area contributed by atoms with Crippen molar-refractivity contribution in [3.8, 4) is 0 Å². The van der Waals surface area contributed by atoms with E-state index >= 15 is 0 Å². The molecule has 0 saturated heterocycles. The number of aromatic nitrogens is 1. The minimum Gasteiger partial charge on any atom is -0.383 e. The molecule has 20 heavy (non-hydrogen) atoms. The fourth-order valence-corrected chi connectivity index (χ4v) is 3.55. The Kier molecular flexibility index (Phi) is 6.26. The van der Waals surface area contributed by atoms with Crippen molar-refractivity contribution in [1.82, 2.24) is 10.3 Å². The molecule has 1 N–H and O–H groups in total. The van der Waals surface area contributed by atoms with Crippen molar-refractivity contribution in [3.63, 3.8) is 0 Å². The van der Waals surface area contributed by atoms with E-state index in [0.717, 1.165) is 38.6 Å². The average molecular weight is 297 g/mol. The van der Waals surface area contributed by atoms with Crippen LogP contribution in [0, 0.1) is 5.92 Å². The van der Waals surface area contributed by atoms with Crippen LogP contribution in [0.2, 0.25) is 0 Å². The lowest BCUT2D eigenvalue weighted by molar-refractivity contribution is 0.199. The molecule has 1 aliphatic carbocycles. The Labute approximate surface area is 126 Å². The molecule has 0 radical (unpaired) electrons. The maximum atomic E-state index is 5.06. The second-order valence-corrected chi connectivity index (χ2v) is 6.63. The maximum Gasteiger partial charge on any atom is 0.185 e. The number of ether oxygens (including phenoxy) is 1. The minimum atomic E-state index is 0.759. The van der Waals surface area contributed by atoms with E-state index in [1.807, 2.05) is 11.3 Å². The lowest BCUT2D eigenvalue weighted by atomic mass is 9.85. The zero-order chi connectivity index (χ0) is 14.4. The Morgan fingerprint density at radius 3 is 2.85 bits per heavy atom. The van der Waals surface area contributed by atoms with Gasteiger partial charge in [-0.15, -0.1) is 11.3 Å². The van der Waals surface area contributed by atoms with Crippen LogP contribution >= 0.6 is 11.3 Å². The van der Waals surface area contributed by atoms with Gasteiger partial charge < -0.3 is 15.0 Å². The van der Waals surface area contributed by atoms with Gasteiger partial charge in [-0.1, -0.05) is 13.3 Å². The van der Waals surface area contributed by atoms with Gasteiger partial charge in [0.05, 0.1) is 12.3 Å². The first kappa shape index (κ1) is 15.7. The predicted octanol–water partition coefficient (Wildman–Crippen LogP) is 2.68. The fourth-order valence-electron chi connectivity index (χ4n) is 2.46. The van der Waals surface area contributed by atoms with Gasteiger partial charge in [0.1, 0.15) is 0 Å². The first-order valence-electron chi connectivity index (χ1n) is 7.64. The Balaban J connectivity index is 1.90. The molecule has 1 heterocycles. The highest BCUT2D eigenvalue weighted by Crippen LogP contribution is 2.31. The highest BCUT2D eigenvalue weighted by atomic mass is 32.1. The predicted molar refractivity (Wildman–Crippen MR) is 85.7 cm³/mol. The zero-order valence-electron chi connectivity index (χ0n) is 12.9. The van der Waals surface area contributed by atoms with Crippen LogP contribution < -0.4 is 10.2 Å². The molecule has 0 aliphatic heterocycles. The molecule has 0 unspecified atom stereocenters. The summed E-state index contributed by atoms with van der Waals surface area (Å²) in [7, 11) is 3.91. The number of hydrogen-bond acceptors (Lipinski definition) is 5. The molecular weight excluding hydrogens is 270 g/mol. The van der Waals surface area contributed by atoms with Gasteiger partial charge in [-0.2, -0.15) is 0 Å². The monoisotopic (exact) mass is 297 g/mol. The van der Waals surface area contributed by atoms with Crippen LogP contribution in [0.3, 0.4) is 0 Å². The van der Waals surface area contributed by atoms with Crippen molar-refractivity contribution >= 4 is 16.5 Å². The fraction of sp³-hybridized carbons (Fsp3) is 0.800. The molecule has 0 bridgehead atoms. The van der Waals surface area contributed by atoms with Crippen LogP contribution in [0.15, 0.2) is 0 Å². The number of anilines is 1. The highest BCUT2D eigenvalue weighted by molar-refractivity contribution is 7.15. The SMILES string of the molecule is CCc1nc(N(C)CC2CCC2)sc1CNCCOC. The van der Waals surface area contributed by atoms with E-state index in [-0.39, 0.29) is 0 Å². The average Bonchev–Trinajstić information content (AvgIpc) is 2.82. The third-order valence-electron chi connectivity index (χ3n) is 3.95. The van der Waals surface area contributed by atoms with Crippen molar-refractivity contribution in [1.29, 1.82) is 0 Å². The molecule has 114 valence electrons. The quantitative estimate of drug-likeness (QED) is 0.711. The zero-order valence-corrected chi connectivity index (χ0v) is 13.8. The normalized spacial score (nSPS) is 15.3. The third-order valence-corrected chi connectivity index (χ3v) is 5.17. The molecule has 0 spiro atoms. The Bertz CT molecular complexity index is 404.